The second-order valence-electron chi connectivity index (χ2n) is 7.08. The van der Waals surface area contributed by atoms with Crippen molar-refractivity contribution in [2.45, 2.75) is 19.8 Å². The summed E-state index contributed by atoms with van der Waals surface area (Å²) in [7, 11) is 0. The average molecular weight is 409 g/mol. The van der Waals surface area contributed by atoms with E-state index in [1.54, 1.807) is 18.2 Å². The zero-order valence-electron chi connectivity index (χ0n) is 16.0. The first-order chi connectivity index (χ1) is 14.0. The molecule has 0 spiro atoms. The van der Waals surface area contributed by atoms with Crippen molar-refractivity contribution in [3.63, 3.8) is 0 Å². The first kappa shape index (κ1) is 19.2. The molecular weight excluding hydrogens is 388 g/mol. The number of aromatic nitrogens is 1. The highest BCUT2D eigenvalue weighted by atomic mass is 35.5. The number of nitrogens with zero attached hydrogens (tertiary/aromatic N) is 2. The van der Waals surface area contributed by atoms with Crippen molar-refractivity contribution >= 4 is 51.5 Å². The van der Waals surface area contributed by atoms with Gasteiger partial charge in [-0.2, -0.15) is 0 Å². The van der Waals surface area contributed by atoms with E-state index in [4.69, 9.17) is 16.6 Å². The smallest absolute Gasteiger partial charge is 0.259 e. The van der Waals surface area contributed by atoms with Crippen LogP contribution in [0.1, 0.15) is 30.1 Å². The van der Waals surface area contributed by atoms with Gasteiger partial charge in [-0.1, -0.05) is 29.8 Å². The normalized spacial score (nSPS) is 13.5. The molecule has 0 aliphatic carbocycles. The van der Waals surface area contributed by atoms with Gasteiger partial charge in [-0.15, -0.1) is 0 Å². The van der Waals surface area contributed by atoms with Crippen molar-refractivity contribution in [2.75, 3.05) is 28.6 Å². The fourth-order valence-electron chi connectivity index (χ4n) is 3.53. The Kier molecular flexibility index (Phi) is 5.36. The molecule has 3 aromatic rings. The van der Waals surface area contributed by atoms with Crippen LogP contribution < -0.4 is 15.5 Å². The Morgan fingerprint density at radius 3 is 2.52 bits per heavy atom. The third-order valence-electron chi connectivity index (χ3n) is 4.89. The number of fused-ring (bicyclic) bond motifs is 1. The Bertz CT molecular complexity index is 1090. The van der Waals surface area contributed by atoms with E-state index in [-0.39, 0.29) is 11.8 Å². The SMILES string of the molecule is CC(=O)Nc1ccc(NC(=O)c2cc3ccccc3nc2N2CCCC2)cc1Cl. The Morgan fingerprint density at radius 1 is 1.03 bits per heavy atom. The molecule has 2 amide bonds. The predicted molar refractivity (Wildman–Crippen MR) is 117 cm³/mol. The van der Waals surface area contributed by atoms with E-state index in [9.17, 15) is 9.59 Å². The van der Waals surface area contributed by atoms with Crippen LogP contribution in [0.15, 0.2) is 48.5 Å². The minimum Gasteiger partial charge on any atom is -0.356 e. The number of rotatable bonds is 4. The van der Waals surface area contributed by atoms with E-state index in [2.05, 4.69) is 15.5 Å². The molecule has 1 aliphatic rings. The van der Waals surface area contributed by atoms with Gasteiger partial charge in [0.25, 0.3) is 5.91 Å². The quantitative estimate of drug-likeness (QED) is 0.656. The highest BCUT2D eigenvalue weighted by Gasteiger charge is 2.22. The van der Waals surface area contributed by atoms with E-state index < -0.39 is 0 Å². The molecule has 2 N–H and O–H groups in total. The van der Waals surface area contributed by atoms with Gasteiger partial charge >= 0.3 is 0 Å². The third-order valence-corrected chi connectivity index (χ3v) is 5.20. The Morgan fingerprint density at radius 2 is 1.79 bits per heavy atom. The zero-order valence-corrected chi connectivity index (χ0v) is 16.8. The first-order valence-corrected chi connectivity index (χ1v) is 9.92. The van der Waals surface area contributed by atoms with Crippen LogP contribution in [0, 0.1) is 0 Å². The van der Waals surface area contributed by atoms with Crippen LogP contribution in [-0.4, -0.2) is 29.9 Å². The van der Waals surface area contributed by atoms with Crippen molar-refractivity contribution < 1.29 is 9.59 Å². The van der Waals surface area contributed by atoms with Crippen LogP contribution in [-0.2, 0) is 4.79 Å². The molecule has 1 saturated heterocycles. The molecule has 148 valence electrons. The highest BCUT2D eigenvalue weighted by Crippen LogP contribution is 2.29. The minimum atomic E-state index is -0.242. The number of pyridine rings is 1. The van der Waals surface area contributed by atoms with Crippen molar-refractivity contribution in [1.82, 2.24) is 4.98 Å². The van der Waals surface area contributed by atoms with Gasteiger partial charge in [0.1, 0.15) is 5.82 Å². The van der Waals surface area contributed by atoms with Crippen LogP contribution in [0.4, 0.5) is 17.2 Å². The second kappa shape index (κ2) is 8.09. The summed E-state index contributed by atoms with van der Waals surface area (Å²) in [6, 6.07) is 14.7. The molecule has 29 heavy (non-hydrogen) atoms. The lowest BCUT2D eigenvalue weighted by Gasteiger charge is -2.20. The molecule has 0 atom stereocenters. The van der Waals surface area contributed by atoms with Gasteiger partial charge in [0.05, 0.1) is 21.8 Å². The Balaban J connectivity index is 1.66. The number of carbonyl (C=O) groups excluding carboxylic acids is 2. The maximum atomic E-state index is 13.1. The topological polar surface area (TPSA) is 74.3 Å². The molecule has 0 unspecified atom stereocenters. The Hall–Kier alpha value is -3.12. The summed E-state index contributed by atoms with van der Waals surface area (Å²) in [6.07, 6.45) is 2.19. The number of halogens is 1. The molecule has 1 aliphatic heterocycles. The molecule has 7 heteroatoms. The highest BCUT2D eigenvalue weighted by molar-refractivity contribution is 6.34. The predicted octanol–water partition coefficient (Wildman–Crippen LogP) is 4.70. The molecule has 2 aromatic carbocycles. The number of benzene rings is 2. The number of carbonyl (C=O) groups is 2. The summed E-state index contributed by atoms with van der Waals surface area (Å²) in [5.74, 6) is 0.259. The molecule has 2 heterocycles. The number of hydrogen-bond acceptors (Lipinski definition) is 4. The lowest BCUT2D eigenvalue weighted by Crippen LogP contribution is -2.24. The summed E-state index contributed by atoms with van der Waals surface area (Å²) >= 11 is 6.23. The monoisotopic (exact) mass is 408 g/mol. The fourth-order valence-corrected chi connectivity index (χ4v) is 3.75. The largest absolute Gasteiger partial charge is 0.356 e. The summed E-state index contributed by atoms with van der Waals surface area (Å²) in [5.41, 5.74) is 2.46. The van der Waals surface area contributed by atoms with Crippen molar-refractivity contribution in [3.8, 4) is 0 Å². The fraction of sp³-hybridized carbons (Fsp3) is 0.227. The van der Waals surface area contributed by atoms with E-state index in [0.717, 1.165) is 36.8 Å². The maximum absolute atomic E-state index is 13.1. The number of hydrogen-bond donors (Lipinski definition) is 2. The zero-order chi connectivity index (χ0) is 20.4. The van der Waals surface area contributed by atoms with E-state index in [0.29, 0.717) is 27.8 Å². The Labute approximate surface area is 173 Å². The van der Waals surface area contributed by atoms with Crippen LogP contribution >= 0.6 is 11.6 Å². The van der Waals surface area contributed by atoms with Crippen LogP contribution in [0.5, 0.6) is 0 Å². The lowest BCUT2D eigenvalue weighted by atomic mass is 10.1. The number of para-hydroxylation sites is 1. The summed E-state index contributed by atoms with van der Waals surface area (Å²) in [6.45, 7) is 3.20. The van der Waals surface area contributed by atoms with Crippen molar-refractivity contribution in [2.24, 2.45) is 0 Å². The van der Waals surface area contributed by atoms with Crippen LogP contribution in [0.3, 0.4) is 0 Å². The molecule has 0 radical (unpaired) electrons. The van der Waals surface area contributed by atoms with Gasteiger partial charge in [0.2, 0.25) is 5.91 Å². The number of anilines is 3. The van der Waals surface area contributed by atoms with Crippen LogP contribution in [0.25, 0.3) is 10.9 Å². The molecule has 1 aromatic heterocycles. The van der Waals surface area contributed by atoms with Gasteiger partial charge in [-0.25, -0.2) is 4.98 Å². The number of nitrogens with one attached hydrogen (secondary N) is 2. The van der Waals surface area contributed by atoms with Gasteiger partial charge in [0.15, 0.2) is 0 Å². The molecule has 0 bridgehead atoms. The summed E-state index contributed by atoms with van der Waals surface area (Å²) in [4.78, 5) is 31.3. The summed E-state index contributed by atoms with van der Waals surface area (Å²) in [5, 5.41) is 6.83. The first-order valence-electron chi connectivity index (χ1n) is 9.54. The van der Waals surface area contributed by atoms with Gasteiger partial charge < -0.3 is 15.5 Å². The number of amides is 2. The molecule has 4 rings (SSSR count). The van der Waals surface area contributed by atoms with Gasteiger partial charge in [-0.3, -0.25) is 9.59 Å². The average Bonchev–Trinajstić information content (AvgIpc) is 3.23. The molecule has 0 saturated carbocycles. The standard InChI is InChI=1S/C22H21ClN4O2/c1-14(28)24-20-9-8-16(13-18(20)23)25-22(29)17-12-15-6-2-3-7-19(15)26-21(17)27-10-4-5-11-27/h2-3,6-9,12-13H,4-5,10-11H2,1H3,(H,24,28)(H,25,29). The van der Waals surface area contributed by atoms with Gasteiger partial charge in [0, 0.05) is 31.1 Å². The maximum Gasteiger partial charge on any atom is 0.259 e. The van der Waals surface area contributed by atoms with E-state index in [1.807, 2.05) is 30.3 Å². The molecular formula is C22H21ClN4O2. The lowest BCUT2D eigenvalue weighted by molar-refractivity contribution is -0.114. The van der Waals surface area contributed by atoms with Crippen molar-refractivity contribution in [1.29, 1.82) is 0 Å². The summed E-state index contributed by atoms with van der Waals surface area (Å²) < 4.78 is 0. The second-order valence-corrected chi connectivity index (χ2v) is 7.48. The van der Waals surface area contributed by atoms with Crippen LogP contribution in [0.2, 0.25) is 5.02 Å². The van der Waals surface area contributed by atoms with Crippen molar-refractivity contribution in [3.05, 3.63) is 59.1 Å². The van der Waals surface area contributed by atoms with E-state index in [1.165, 1.54) is 6.92 Å². The minimum absolute atomic E-state index is 0.207. The molecule has 1 fully saturated rings. The van der Waals surface area contributed by atoms with E-state index >= 15 is 0 Å². The van der Waals surface area contributed by atoms with Gasteiger partial charge in [-0.05, 0) is 43.2 Å². The third kappa shape index (κ3) is 4.17. The molecule has 6 nitrogen and oxygen atoms in total.